The van der Waals surface area contributed by atoms with E-state index in [9.17, 15) is 0 Å². The van der Waals surface area contributed by atoms with Crippen LogP contribution in [-0.4, -0.2) is 23.1 Å². The van der Waals surface area contributed by atoms with Crippen LogP contribution in [0.5, 0.6) is 0 Å². The van der Waals surface area contributed by atoms with E-state index in [0.717, 1.165) is 17.8 Å². The van der Waals surface area contributed by atoms with Gasteiger partial charge in [0.15, 0.2) is 5.82 Å². The summed E-state index contributed by atoms with van der Waals surface area (Å²) in [4.78, 5) is 11.0. The highest BCUT2D eigenvalue weighted by Crippen LogP contribution is 2.21. The van der Waals surface area contributed by atoms with Gasteiger partial charge in [0.25, 0.3) is 0 Å². The molecule has 0 fully saturated rings. The highest BCUT2D eigenvalue weighted by atomic mass is 15.2. The van der Waals surface area contributed by atoms with Crippen LogP contribution in [0.25, 0.3) is 11.4 Å². The van der Waals surface area contributed by atoms with Crippen molar-refractivity contribution in [2.24, 2.45) is 0 Å². The minimum absolute atomic E-state index is 0.415. The first-order chi connectivity index (χ1) is 9.11. The fourth-order valence-corrected chi connectivity index (χ4v) is 1.85. The third-order valence-electron chi connectivity index (χ3n) is 3.38. The minimum atomic E-state index is 0.415. The summed E-state index contributed by atoms with van der Waals surface area (Å²) in [5.41, 5.74) is 6.88. The summed E-state index contributed by atoms with van der Waals surface area (Å²) < 4.78 is 0. The Morgan fingerprint density at radius 2 is 1.89 bits per heavy atom. The Labute approximate surface area is 114 Å². The van der Waals surface area contributed by atoms with Gasteiger partial charge in [-0.05, 0) is 13.3 Å². The normalized spacial score (nSPS) is 12.2. The summed E-state index contributed by atoms with van der Waals surface area (Å²) in [5, 5.41) is 0. The summed E-state index contributed by atoms with van der Waals surface area (Å²) in [6.45, 7) is 4.32. The molecule has 4 nitrogen and oxygen atoms in total. The molecule has 0 aliphatic heterocycles. The maximum absolute atomic E-state index is 5.90. The van der Waals surface area contributed by atoms with Crippen molar-refractivity contribution in [3.05, 3.63) is 36.4 Å². The highest BCUT2D eigenvalue weighted by molar-refractivity contribution is 5.60. The van der Waals surface area contributed by atoms with Gasteiger partial charge in [0, 0.05) is 24.7 Å². The SMILES string of the molecule is CCC(C)N(C)c1cc(N)nc(-c2ccccc2)n1. The molecule has 2 aromatic rings. The number of rotatable bonds is 4. The van der Waals surface area contributed by atoms with Crippen molar-refractivity contribution in [3.63, 3.8) is 0 Å². The molecule has 4 heteroatoms. The molecule has 1 aromatic heterocycles. The topological polar surface area (TPSA) is 55.0 Å². The molecule has 2 rings (SSSR count). The number of anilines is 2. The van der Waals surface area contributed by atoms with Gasteiger partial charge in [-0.3, -0.25) is 0 Å². The number of aromatic nitrogens is 2. The van der Waals surface area contributed by atoms with Crippen LogP contribution in [0.1, 0.15) is 20.3 Å². The van der Waals surface area contributed by atoms with E-state index in [1.807, 2.05) is 43.4 Å². The zero-order valence-corrected chi connectivity index (χ0v) is 11.7. The first kappa shape index (κ1) is 13.3. The van der Waals surface area contributed by atoms with Crippen molar-refractivity contribution in [2.45, 2.75) is 26.3 Å². The predicted molar refractivity (Wildman–Crippen MR) is 80.0 cm³/mol. The lowest BCUT2D eigenvalue weighted by molar-refractivity contribution is 0.656. The lowest BCUT2D eigenvalue weighted by Crippen LogP contribution is -2.29. The smallest absolute Gasteiger partial charge is 0.163 e. The Morgan fingerprint density at radius 1 is 1.21 bits per heavy atom. The zero-order chi connectivity index (χ0) is 13.8. The third kappa shape index (κ3) is 3.02. The Morgan fingerprint density at radius 3 is 2.53 bits per heavy atom. The van der Waals surface area contributed by atoms with E-state index >= 15 is 0 Å². The molecule has 0 saturated heterocycles. The van der Waals surface area contributed by atoms with Gasteiger partial charge in [0.1, 0.15) is 11.6 Å². The Hall–Kier alpha value is -2.10. The van der Waals surface area contributed by atoms with Crippen LogP contribution >= 0.6 is 0 Å². The molecule has 1 heterocycles. The van der Waals surface area contributed by atoms with E-state index in [4.69, 9.17) is 5.73 Å². The van der Waals surface area contributed by atoms with Gasteiger partial charge in [-0.1, -0.05) is 37.3 Å². The second-order valence-corrected chi connectivity index (χ2v) is 4.71. The molecule has 0 saturated carbocycles. The maximum atomic E-state index is 5.90. The first-order valence-corrected chi connectivity index (χ1v) is 6.54. The van der Waals surface area contributed by atoms with Crippen LogP contribution < -0.4 is 10.6 Å². The summed E-state index contributed by atoms with van der Waals surface area (Å²) in [5.74, 6) is 2.03. The summed E-state index contributed by atoms with van der Waals surface area (Å²) in [6, 6.07) is 12.1. The molecule has 0 bridgehead atoms. The number of nitrogens with two attached hydrogens (primary N) is 1. The third-order valence-corrected chi connectivity index (χ3v) is 3.38. The highest BCUT2D eigenvalue weighted by Gasteiger charge is 2.12. The van der Waals surface area contributed by atoms with Crippen molar-refractivity contribution in [3.8, 4) is 11.4 Å². The maximum Gasteiger partial charge on any atom is 0.163 e. The molecular weight excluding hydrogens is 236 g/mol. The minimum Gasteiger partial charge on any atom is -0.384 e. The van der Waals surface area contributed by atoms with Gasteiger partial charge in [-0.2, -0.15) is 0 Å². The standard InChI is InChI=1S/C15H20N4/c1-4-11(2)19(3)14-10-13(16)17-15(18-14)12-8-6-5-7-9-12/h5-11H,4H2,1-3H3,(H2,16,17,18). The second-order valence-electron chi connectivity index (χ2n) is 4.71. The van der Waals surface area contributed by atoms with E-state index in [-0.39, 0.29) is 0 Å². The number of hydrogen-bond donors (Lipinski definition) is 1. The average molecular weight is 256 g/mol. The molecule has 0 radical (unpaired) electrons. The summed E-state index contributed by atoms with van der Waals surface area (Å²) in [6.07, 6.45) is 1.06. The van der Waals surface area contributed by atoms with Gasteiger partial charge in [0.2, 0.25) is 0 Å². The molecule has 0 aliphatic carbocycles. The van der Waals surface area contributed by atoms with Gasteiger partial charge in [-0.25, -0.2) is 9.97 Å². The van der Waals surface area contributed by atoms with Crippen LogP contribution in [0.3, 0.4) is 0 Å². The largest absolute Gasteiger partial charge is 0.384 e. The van der Waals surface area contributed by atoms with Crippen molar-refractivity contribution in [1.82, 2.24) is 9.97 Å². The molecule has 1 atom stereocenters. The molecule has 19 heavy (non-hydrogen) atoms. The van der Waals surface area contributed by atoms with E-state index in [2.05, 4.69) is 28.7 Å². The molecule has 0 spiro atoms. The average Bonchev–Trinajstić information content (AvgIpc) is 2.46. The van der Waals surface area contributed by atoms with Crippen LogP contribution in [0.2, 0.25) is 0 Å². The van der Waals surface area contributed by atoms with E-state index in [0.29, 0.717) is 17.7 Å². The molecule has 1 unspecified atom stereocenters. The summed E-state index contributed by atoms with van der Waals surface area (Å²) in [7, 11) is 2.03. The summed E-state index contributed by atoms with van der Waals surface area (Å²) >= 11 is 0. The lowest BCUT2D eigenvalue weighted by Gasteiger charge is -2.25. The van der Waals surface area contributed by atoms with Gasteiger partial charge in [-0.15, -0.1) is 0 Å². The Balaban J connectivity index is 2.40. The molecule has 0 aliphatic rings. The van der Waals surface area contributed by atoms with Gasteiger partial charge < -0.3 is 10.6 Å². The van der Waals surface area contributed by atoms with Crippen LogP contribution in [0, 0.1) is 0 Å². The second kappa shape index (κ2) is 5.69. The molecule has 1 aromatic carbocycles. The van der Waals surface area contributed by atoms with Gasteiger partial charge >= 0.3 is 0 Å². The lowest BCUT2D eigenvalue weighted by atomic mass is 10.2. The predicted octanol–water partition coefficient (Wildman–Crippen LogP) is 2.96. The van der Waals surface area contributed by atoms with Crippen molar-refractivity contribution >= 4 is 11.6 Å². The fourth-order valence-electron chi connectivity index (χ4n) is 1.85. The van der Waals surface area contributed by atoms with Crippen molar-refractivity contribution in [1.29, 1.82) is 0 Å². The fraction of sp³-hybridized carbons (Fsp3) is 0.333. The van der Waals surface area contributed by atoms with Crippen LogP contribution in [0.4, 0.5) is 11.6 Å². The number of benzene rings is 1. The van der Waals surface area contributed by atoms with Gasteiger partial charge in [0.05, 0.1) is 0 Å². The first-order valence-electron chi connectivity index (χ1n) is 6.54. The quantitative estimate of drug-likeness (QED) is 0.913. The van der Waals surface area contributed by atoms with E-state index < -0.39 is 0 Å². The molecular formula is C15H20N4. The molecule has 0 amide bonds. The monoisotopic (exact) mass is 256 g/mol. The number of hydrogen-bond acceptors (Lipinski definition) is 4. The Bertz CT molecular complexity index is 539. The number of nitrogen functional groups attached to an aromatic ring is 1. The van der Waals surface area contributed by atoms with E-state index in [1.54, 1.807) is 0 Å². The number of nitrogens with zero attached hydrogens (tertiary/aromatic N) is 3. The molecule has 2 N–H and O–H groups in total. The van der Waals surface area contributed by atoms with E-state index in [1.165, 1.54) is 0 Å². The molecule has 100 valence electrons. The Kier molecular flexibility index (Phi) is 4.00. The zero-order valence-electron chi connectivity index (χ0n) is 11.7. The van der Waals surface area contributed by atoms with Crippen LogP contribution in [0.15, 0.2) is 36.4 Å². The van der Waals surface area contributed by atoms with Crippen molar-refractivity contribution < 1.29 is 0 Å². The van der Waals surface area contributed by atoms with Crippen LogP contribution in [-0.2, 0) is 0 Å². The van der Waals surface area contributed by atoms with Crippen molar-refractivity contribution in [2.75, 3.05) is 17.7 Å².